The smallest absolute Gasteiger partial charge is 0.370 e. The molecule has 38 heavy (non-hydrogen) atoms. The Morgan fingerprint density at radius 1 is 1.00 bits per heavy atom. The molecule has 3 rings (SSSR count). The molecule has 0 spiro atoms. The Morgan fingerprint density at radius 3 is 2.03 bits per heavy atom. The summed E-state index contributed by atoms with van der Waals surface area (Å²) >= 11 is 0. The van der Waals surface area contributed by atoms with Crippen LogP contribution in [-0.4, -0.2) is 147 Å². The lowest BCUT2D eigenvalue weighted by atomic mass is 9.84. The normalized spacial score (nSPS) is 37.3. The molecule has 2 heterocycles. The minimum absolute atomic E-state index is 0.161. The van der Waals surface area contributed by atoms with Crippen LogP contribution in [0.2, 0.25) is 0 Å². The van der Waals surface area contributed by atoms with Crippen LogP contribution in [0.1, 0.15) is 13.3 Å². The summed E-state index contributed by atoms with van der Waals surface area (Å²) in [6, 6.07) is -1.39. The van der Waals surface area contributed by atoms with Crippen molar-refractivity contribution in [3.8, 4) is 0 Å². The first-order valence-electron chi connectivity index (χ1n) is 11.8. The van der Waals surface area contributed by atoms with Gasteiger partial charge >= 0.3 is 5.97 Å². The van der Waals surface area contributed by atoms with Gasteiger partial charge in [-0.05, 0) is 13.3 Å². The minimum atomic E-state index is -1.74. The van der Waals surface area contributed by atoms with Crippen molar-refractivity contribution >= 4 is 23.7 Å². The first-order valence-corrected chi connectivity index (χ1v) is 11.8. The number of carbonyl (C=O) groups is 1. The zero-order valence-corrected chi connectivity index (χ0v) is 20.7. The van der Waals surface area contributed by atoms with Gasteiger partial charge in [-0.2, -0.15) is 0 Å². The average molecular weight is 551 g/mol. The van der Waals surface area contributed by atoms with Crippen LogP contribution >= 0.6 is 0 Å². The van der Waals surface area contributed by atoms with Gasteiger partial charge in [-0.25, -0.2) is 4.79 Å². The zero-order valence-electron chi connectivity index (χ0n) is 20.7. The Morgan fingerprint density at radius 2 is 1.53 bits per heavy atom. The van der Waals surface area contributed by atoms with Crippen LogP contribution in [0.15, 0.2) is 0 Å². The Kier molecular flexibility index (Phi) is 11.6. The molecule has 10 atom stereocenters. The number of hydrogen-bond acceptors (Lipinski definition) is 13. The number of carboxylic acids is 1. The molecule has 0 radical (unpaired) electrons. The van der Waals surface area contributed by atoms with Crippen molar-refractivity contribution in [3.05, 3.63) is 0 Å². The fourth-order valence-electron chi connectivity index (χ4n) is 4.07. The van der Waals surface area contributed by atoms with Gasteiger partial charge in [0.05, 0.1) is 31.4 Å². The summed E-state index contributed by atoms with van der Waals surface area (Å²) in [5.41, 5.74) is 11.0. The molecule has 18 nitrogen and oxygen atoms in total. The number of ether oxygens (including phenoxy) is 3. The van der Waals surface area contributed by atoms with Gasteiger partial charge < -0.3 is 66.5 Å². The van der Waals surface area contributed by atoms with Crippen molar-refractivity contribution < 1.29 is 49.6 Å². The molecule has 0 amide bonds. The lowest BCUT2D eigenvalue weighted by Gasteiger charge is -2.45. The molecular weight excluding hydrogens is 512 g/mol. The van der Waals surface area contributed by atoms with Crippen LogP contribution in [-0.2, 0) is 19.0 Å². The lowest BCUT2D eigenvalue weighted by Crippen LogP contribution is -2.66. The van der Waals surface area contributed by atoms with E-state index in [-0.39, 0.29) is 18.3 Å². The number of morpholine rings is 1. The summed E-state index contributed by atoms with van der Waals surface area (Å²) in [5.74, 6) is -2.17. The summed E-state index contributed by atoms with van der Waals surface area (Å²) in [6.45, 7) is 4.21. The molecule has 0 unspecified atom stereocenters. The molecule has 0 aromatic heterocycles. The van der Waals surface area contributed by atoms with Gasteiger partial charge in [0.1, 0.15) is 36.6 Å². The molecule has 1 saturated carbocycles. The Balaban J connectivity index is 0.000000352. The largest absolute Gasteiger partial charge is 0.475 e. The van der Waals surface area contributed by atoms with Crippen LogP contribution in [0.4, 0.5) is 0 Å². The van der Waals surface area contributed by atoms with Crippen LogP contribution in [0.25, 0.3) is 0 Å². The fourth-order valence-corrected chi connectivity index (χ4v) is 4.07. The first-order chi connectivity index (χ1) is 17.7. The van der Waals surface area contributed by atoms with Crippen molar-refractivity contribution in [2.24, 2.45) is 11.5 Å². The van der Waals surface area contributed by atoms with Crippen LogP contribution in [0.3, 0.4) is 0 Å². The van der Waals surface area contributed by atoms with Gasteiger partial charge in [0.2, 0.25) is 5.84 Å². The molecule has 0 bridgehead atoms. The number of nitrogens with one attached hydrogen (secondary N) is 5. The number of aliphatic hydroxyl groups excluding tert-OH is 5. The van der Waals surface area contributed by atoms with Crippen molar-refractivity contribution in [2.75, 3.05) is 26.3 Å². The van der Waals surface area contributed by atoms with Gasteiger partial charge in [0.15, 0.2) is 18.2 Å². The highest BCUT2D eigenvalue weighted by atomic mass is 16.7. The van der Waals surface area contributed by atoms with Crippen molar-refractivity contribution in [1.29, 1.82) is 16.2 Å². The third kappa shape index (κ3) is 8.16. The van der Waals surface area contributed by atoms with Gasteiger partial charge in [-0.3, -0.25) is 21.5 Å². The van der Waals surface area contributed by atoms with E-state index in [4.69, 9.17) is 47.0 Å². The second kappa shape index (κ2) is 13.9. The number of amidine groups is 1. The van der Waals surface area contributed by atoms with Crippen LogP contribution in [0.5, 0.6) is 0 Å². The number of nitrogens with two attached hydrogens (primary N) is 2. The van der Waals surface area contributed by atoms with E-state index in [0.717, 1.165) is 0 Å². The standard InChI is InChI=1S/C14H25N3O9.C6H13N5O/c1-3-5(17-12(16)13(23)24)2-4(15)14(25-3)26-11-9(21)7(19)6(18)8(20)10(11)22;7-5(8)10-6(9)11-1-3-12-4-2-11/h3-11,14,18-22H,2,15H2,1H3,(H2,16,17)(H,23,24);1-4H2,(H5,7,8,9,10)/t3-,4+,5+,6-,7+,8+,9-,10+,11+,14-;/m1./s1. The molecular formula is C20H38N8O10. The third-order valence-corrected chi connectivity index (χ3v) is 6.28. The Hall–Kier alpha value is -2.68. The quantitative estimate of drug-likeness (QED) is 0.115. The summed E-state index contributed by atoms with van der Waals surface area (Å²) < 4.78 is 16.1. The molecule has 3 fully saturated rings. The van der Waals surface area contributed by atoms with Crippen molar-refractivity contribution in [2.45, 2.75) is 74.4 Å². The number of hydrogen-bond donors (Lipinski definition) is 13. The van der Waals surface area contributed by atoms with Crippen molar-refractivity contribution in [3.63, 3.8) is 0 Å². The highest BCUT2D eigenvalue weighted by Gasteiger charge is 2.51. The highest BCUT2D eigenvalue weighted by molar-refractivity contribution is 6.33. The number of carboxylic acid groups (broad SMARTS) is 1. The summed E-state index contributed by atoms with van der Waals surface area (Å²) in [7, 11) is 0. The van der Waals surface area contributed by atoms with E-state index in [1.54, 1.807) is 11.8 Å². The molecule has 2 saturated heterocycles. The second-order valence-electron chi connectivity index (χ2n) is 9.08. The molecule has 218 valence electrons. The average Bonchev–Trinajstić information content (AvgIpc) is 2.87. The molecule has 0 aromatic rings. The van der Waals surface area contributed by atoms with Gasteiger partial charge in [0, 0.05) is 13.1 Å². The number of nitrogens with zero attached hydrogens (tertiary/aromatic N) is 1. The maximum absolute atomic E-state index is 10.7. The maximum atomic E-state index is 10.7. The predicted molar refractivity (Wildman–Crippen MR) is 129 cm³/mol. The molecule has 1 aliphatic carbocycles. The third-order valence-electron chi connectivity index (χ3n) is 6.28. The zero-order chi connectivity index (χ0) is 28.7. The molecule has 2 aliphatic heterocycles. The van der Waals surface area contributed by atoms with E-state index in [2.05, 4.69) is 10.6 Å². The molecule has 15 N–H and O–H groups in total. The predicted octanol–water partition coefficient (Wildman–Crippen LogP) is -5.59. The number of aliphatic hydroxyl groups is 5. The molecule has 0 aromatic carbocycles. The van der Waals surface area contributed by atoms with E-state index in [1.807, 2.05) is 0 Å². The SMILES string of the molecule is C[C@H]1O[C@H](O[C@H]2[C@H](O)[C@@H](O)[C@@H](O)[C@H](O)[C@@H]2O)[C@@H](N)C[C@@H]1NC(=N)C(=O)O.N=C(N)NC(=N)N1CCOCC1. The van der Waals surface area contributed by atoms with Gasteiger partial charge in [0.25, 0.3) is 0 Å². The summed E-state index contributed by atoms with van der Waals surface area (Å²) in [6.07, 6.45) is -11.7. The van der Waals surface area contributed by atoms with Crippen LogP contribution < -0.4 is 22.1 Å². The van der Waals surface area contributed by atoms with E-state index in [0.29, 0.717) is 26.3 Å². The lowest BCUT2D eigenvalue weighted by molar-refractivity contribution is -0.293. The summed E-state index contributed by atoms with van der Waals surface area (Å²) in [5, 5.41) is 84.4. The van der Waals surface area contributed by atoms with E-state index in [1.165, 1.54) is 0 Å². The first kappa shape index (κ1) is 31.5. The van der Waals surface area contributed by atoms with E-state index < -0.39 is 72.9 Å². The maximum Gasteiger partial charge on any atom is 0.370 e. The Labute approximate surface area is 218 Å². The van der Waals surface area contributed by atoms with E-state index >= 15 is 0 Å². The molecule has 3 aliphatic rings. The Bertz CT molecular complexity index is 831. The minimum Gasteiger partial charge on any atom is -0.475 e. The molecule has 18 heteroatoms. The van der Waals surface area contributed by atoms with Gasteiger partial charge in [-0.15, -0.1) is 0 Å². The van der Waals surface area contributed by atoms with E-state index in [9.17, 15) is 30.3 Å². The number of guanidine groups is 2. The number of rotatable bonds is 3. The summed E-state index contributed by atoms with van der Waals surface area (Å²) in [4.78, 5) is 12.5. The number of aliphatic carboxylic acids is 1. The fraction of sp³-hybridized carbons (Fsp3) is 0.800. The monoisotopic (exact) mass is 550 g/mol. The second-order valence-corrected chi connectivity index (χ2v) is 9.08. The topological polar surface area (TPSA) is 317 Å². The van der Waals surface area contributed by atoms with Crippen LogP contribution in [0, 0.1) is 16.2 Å². The van der Waals surface area contributed by atoms with Crippen molar-refractivity contribution in [1.82, 2.24) is 15.5 Å². The van der Waals surface area contributed by atoms with Gasteiger partial charge in [-0.1, -0.05) is 0 Å². The highest BCUT2D eigenvalue weighted by Crippen LogP contribution is 2.28.